The molecule has 3 heteroatoms. The third-order valence-electron chi connectivity index (χ3n) is 4.63. The van der Waals surface area contributed by atoms with Crippen molar-refractivity contribution in [3.05, 3.63) is 0 Å². The molecule has 0 aliphatic carbocycles. The second-order valence-corrected chi connectivity index (χ2v) is 5.89. The van der Waals surface area contributed by atoms with Gasteiger partial charge in [-0.1, -0.05) is 6.92 Å². The molecule has 2 rings (SSSR count). The lowest BCUT2D eigenvalue weighted by Gasteiger charge is -2.43. The van der Waals surface area contributed by atoms with Crippen molar-refractivity contribution in [1.82, 2.24) is 15.1 Å². The van der Waals surface area contributed by atoms with Crippen LogP contribution in [0.1, 0.15) is 39.5 Å². The Morgan fingerprint density at radius 2 is 2.12 bits per heavy atom. The van der Waals surface area contributed by atoms with Gasteiger partial charge in [-0.15, -0.1) is 0 Å². The molecule has 3 nitrogen and oxygen atoms in total. The molecule has 0 radical (unpaired) electrons. The molecule has 3 atom stereocenters. The molecule has 2 aliphatic heterocycles. The number of nitrogens with zero attached hydrogens (tertiary/aromatic N) is 2. The van der Waals surface area contributed by atoms with E-state index in [0.29, 0.717) is 0 Å². The monoisotopic (exact) mass is 239 g/mol. The zero-order valence-electron chi connectivity index (χ0n) is 11.8. The second kappa shape index (κ2) is 6.17. The van der Waals surface area contributed by atoms with Gasteiger partial charge in [0.15, 0.2) is 0 Å². The molecule has 0 aromatic carbocycles. The van der Waals surface area contributed by atoms with Crippen molar-refractivity contribution >= 4 is 0 Å². The van der Waals surface area contributed by atoms with Gasteiger partial charge in [-0.25, -0.2) is 0 Å². The lowest BCUT2D eigenvalue weighted by atomic mass is 9.95. The van der Waals surface area contributed by atoms with Gasteiger partial charge in [0.1, 0.15) is 0 Å². The molecule has 2 fully saturated rings. The smallest absolute Gasteiger partial charge is 0.0235 e. The van der Waals surface area contributed by atoms with Crippen molar-refractivity contribution in [3.8, 4) is 0 Å². The molecule has 3 unspecified atom stereocenters. The fourth-order valence-electron chi connectivity index (χ4n) is 3.41. The van der Waals surface area contributed by atoms with Gasteiger partial charge in [-0.2, -0.15) is 0 Å². The normalized spacial score (nSPS) is 35.6. The Morgan fingerprint density at radius 3 is 2.71 bits per heavy atom. The predicted molar refractivity (Wildman–Crippen MR) is 73.4 cm³/mol. The van der Waals surface area contributed by atoms with E-state index in [2.05, 4.69) is 36.0 Å². The second-order valence-electron chi connectivity index (χ2n) is 5.89. The summed E-state index contributed by atoms with van der Waals surface area (Å²) in [6.07, 6.45) is 5.35. The summed E-state index contributed by atoms with van der Waals surface area (Å²) in [7, 11) is 2.27. The van der Waals surface area contributed by atoms with Gasteiger partial charge in [-0.3, -0.25) is 4.90 Å². The van der Waals surface area contributed by atoms with Crippen LogP contribution in [0.25, 0.3) is 0 Å². The Morgan fingerprint density at radius 1 is 1.29 bits per heavy atom. The molecular formula is C14H29N3. The Balaban J connectivity index is 1.95. The molecule has 100 valence electrons. The van der Waals surface area contributed by atoms with Crippen molar-refractivity contribution in [1.29, 1.82) is 0 Å². The highest BCUT2D eigenvalue weighted by molar-refractivity contribution is 4.89. The van der Waals surface area contributed by atoms with E-state index < -0.39 is 0 Å². The lowest BCUT2D eigenvalue weighted by Crippen LogP contribution is -2.51. The van der Waals surface area contributed by atoms with Crippen molar-refractivity contribution in [2.24, 2.45) is 0 Å². The van der Waals surface area contributed by atoms with E-state index in [-0.39, 0.29) is 0 Å². The van der Waals surface area contributed by atoms with Crippen LogP contribution in [0.4, 0.5) is 0 Å². The Hall–Kier alpha value is -0.120. The van der Waals surface area contributed by atoms with Crippen LogP contribution < -0.4 is 5.32 Å². The quantitative estimate of drug-likeness (QED) is 0.803. The number of piperidine rings is 1. The predicted octanol–water partition coefficient (Wildman–Crippen LogP) is 1.54. The van der Waals surface area contributed by atoms with Gasteiger partial charge in [0.05, 0.1) is 0 Å². The summed E-state index contributed by atoms with van der Waals surface area (Å²) in [4.78, 5) is 5.32. The summed E-state index contributed by atoms with van der Waals surface area (Å²) >= 11 is 0. The van der Waals surface area contributed by atoms with Crippen LogP contribution in [0.5, 0.6) is 0 Å². The van der Waals surface area contributed by atoms with Crippen LogP contribution >= 0.6 is 0 Å². The van der Waals surface area contributed by atoms with Gasteiger partial charge in [0.25, 0.3) is 0 Å². The highest BCUT2D eigenvalue weighted by atomic mass is 15.2. The van der Waals surface area contributed by atoms with E-state index in [1.54, 1.807) is 0 Å². The molecule has 0 spiro atoms. The van der Waals surface area contributed by atoms with E-state index in [1.807, 2.05) is 0 Å². The van der Waals surface area contributed by atoms with Crippen LogP contribution in [0.2, 0.25) is 0 Å². The molecule has 17 heavy (non-hydrogen) atoms. The van der Waals surface area contributed by atoms with Crippen LogP contribution in [0, 0.1) is 0 Å². The summed E-state index contributed by atoms with van der Waals surface area (Å²) in [5, 5.41) is 3.52. The molecule has 2 heterocycles. The third kappa shape index (κ3) is 3.21. The first-order valence-electron chi connectivity index (χ1n) is 7.39. The molecule has 0 aromatic heterocycles. The summed E-state index contributed by atoms with van der Waals surface area (Å²) in [5.74, 6) is 0. The van der Waals surface area contributed by atoms with E-state index in [4.69, 9.17) is 0 Å². The van der Waals surface area contributed by atoms with Crippen molar-refractivity contribution in [2.45, 2.75) is 57.7 Å². The van der Waals surface area contributed by atoms with Crippen molar-refractivity contribution in [2.75, 3.05) is 33.2 Å². The number of rotatable bonds is 4. The average Bonchev–Trinajstić information content (AvgIpc) is 2.83. The fraction of sp³-hybridized carbons (Fsp3) is 1.00. The van der Waals surface area contributed by atoms with Crippen molar-refractivity contribution < 1.29 is 0 Å². The lowest BCUT2D eigenvalue weighted by molar-refractivity contribution is 0.0628. The summed E-state index contributed by atoms with van der Waals surface area (Å²) in [5.41, 5.74) is 0. The number of hydrogen-bond acceptors (Lipinski definition) is 3. The van der Waals surface area contributed by atoms with Gasteiger partial charge in [0, 0.05) is 24.7 Å². The molecule has 0 saturated carbocycles. The minimum Gasteiger partial charge on any atom is -0.315 e. The number of nitrogens with one attached hydrogen (secondary N) is 1. The van der Waals surface area contributed by atoms with Crippen LogP contribution in [0.15, 0.2) is 0 Å². The summed E-state index contributed by atoms with van der Waals surface area (Å²) < 4.78 is 0. The molecule has 0 amide bonds. The topological polar surface area (TPSA) is 18.5 Å². The van der Waals surface area contributed by atoms with Gasteiger partial charge in [-0.05, 0) is 59.3 Å². The molecule has 1 N–H and O–H groups in total. The maximum atomic E-state index is 3.52. The highest BCUT2D eigenvalue weighted by Crippen LogP contribution is 2.24. The minimum absolute atomic E-state index is 0.752. The molecule has 2 saturated heterocycles. The molecule has 0 bridgehead atoms. The highest BCUT2D eigenvalue weighted by Gasteiger charge is 2.32. The Bertz CT molecular complexity index is 226. The van der Waals surface area contributed by atoms with E-state index in [1.165, 1.54) is 51.9 Å². The summed E-state index contributed by atoms with van der Waals surface area (Å²) in [6.45, 7) is 9.67. The largest absolute Gasteiger partial charge is 0.315 e. The van der Waals surface area contributed by atoms with Crippen LogP contribution in [-0.2, 0) is 0 Å². The average molecular weight is 239 g/mol. The van der Waals surface area contributed by atoms with E-state index >= 15 is 0 Å². The van der Waals surface area contributed by atoms with Crippen LogP contribution in [-0.4, -0.2) is 61.2 Å². The molecule has 0 aromatic rings. The maximum absolute atomic E-state index is 3.52. The molecule has 2 aliphatic rings. The minimum atomic E-state index is 0.752. The van der Waals surface area contributed by atoms with E-state index in [9.17, 15) is 0 Å². The maximum Gasteiger partial charge on any atom is 0.0235 e. The van der Waals surface area contributed by atoms with Crippen LogP contribution in [0.3, 0.4) is 0 Å². The first-order valence-corrected chi connectivity index (χ1v) is 7.39. The summed E-state index contributed by atoms with van der Waals surface area (Å²) in [6, 6.07) is 2.38. The van der Waals surface area contributed by atoms with Crippen molar-refractivity contribution in [3.63, 3.8) is 0 Å². The number of likely N-dealkylation sites (tertiary alicyclic amines) is 1. The first-order chi connectivity index (χ1) is 8.22. The third-order valence-corrected chi connectivity index (χ3v) is 4.63. The Labute approximate surface area is 107 Å². The number of hydrogen-bond donors (Lipinski definition) is 1. The molecular weight excluding hydrogens is 210 g/mol. The SMILES string of the molecule is CCCN(C1CCNC1)C1CCN(C)C(C)C1. The Kier molecular flexibility index (Phi) is 4.83. The standard InChI is InChI=1S/C14H29N3/c1-4-8-17(14-5-7-15-11-14)13-6-9-16(3)12(2)10-13/h12-15H,4-11H2,1-3H3. The van der Waals surface area contributed by atoms with E-state index in [0.717, 1.165) is 18.1 Å². The van der Waals surface area contributed by atoms with Gasteiger partial charge in [0.2, 0.25) is 0 Å². The fourth-order valence-corrected chi connectivity index (χ4v) is 3.41. The zero-order chi connectivity index (χ0) is 12.3. The zero-order valence-corrected chi connectivity index (χ0v) is 11.8. The van der Waals surface area contributed by atoms with Gasteiger partial charge >= 0.3 is 0 Å². The van der Waals surface area contributed by atoms with Gasteiger partial charge < -0.3 is 10.2 Å². The first kappa shape index (κ1) is 13.3.